The van der Waals surface area contributed by atoms with Crippen molar-refractivity contribution in [1.82, 2.24) is 5.48 Å². The van der Waals surface area contributed by atoms with Crippen LogP contribution in [0.5, 0.6) is 0 Å². The van der Waals surface area contributed by atoms with Crippen LogP contribution in [-0.2, 0) is 9.88 Å². The second-order valence-corrected chi connectivity index (χ2v) is 1.39. The van der Waals surface area contributed by atoms with Crippen LogP contribution in [0.4, 0.5) is 0 Å². The van der Waals surface area contributed by atoms with Gasteiger partial charge in [-0.05, 0) is 0 Å². The van der Waals surface area contributed by atoms with Crippen molar-refractivity contribution in [2.24, 2.45) is 0 Å². The first-order chi connectivity index (χ1) is 3.39. The summed E-state index contributed by atoms with van der Waals surface area (Å²) in [5.41, 5.74) is 2.30. The van der Waals surface area contributed by atoms with Crippen molar-refractivity contribution >= 4 is 17.2 Å². The van der Waals surface area contributed by atoms with Gasteiger partial charge in [-0.2, -0.15) is 0 Å². The summed E-state index contributed by atoms with van der Waals surface area (Å²) in [6.45, 7) is 0. The molecule has 0 saturated carbocycles. The van der Waals surface area contributed by atoms with Gasteiger partial charge in [0, 0.05) is 6.08 Å². The SMILES string of the molecule is S=C1C=COON1. The molecule has 0 bridgehead atoms. The standard InChI is InChI=1S/C3H3NO2S/c7-3-1-2-5-6-4-3/h1-2H,(H,4,7). The van der Waals surface area contributed by atoms with E-state index in [9.17, 15) is 0 Å². The van der Waals surface area contributed by atoms with Crippen molar-refractivity contribution in [1.29, 1.82) is 0 Å². The molecule has 0 radical (unpaired) electrons. The Morgan fingerprint density at radius 3 is 2.86 bits per heavy atom. The monoisotopic (exact) mass is 117 g/mol. The molecule has 0 aliphatic carbocycles. The number of rotatable bonds is 0. The Morgan fingerprint density at radius 2 is 2.57 bits per heavy atom. The Morgan fingerprint density at radius 1 is 1.71 bits per heavy atom. The van der Waals surface area contributed by atoms with Gasteiger partial charge in [0.15, 0.2) is 0 Å². The van der Waals surface area contributed by atoms with Crippen LogP contribution >= 0.6 is 12.2 Å². The molecule has 0 aromatic heterocycles. The molecule has 0 unspecified atom stereocenters. The van der Waals surface area contributed by atoms with Crippen molar-refractivity contribution in [2.45, 2.75) is 0 Å². The maximum atomic E-state index is 4.60. The summed E-state index contributed by atoms with van der Waals surface area (Å²) < 4.78 is 0. The third-order valence-electron chi connectivity index (χ3n) is 0.465. The minimum absolute atomic E-state index is 0.520. The van der Waals surface area contributed by atoms with Crippen LogP contribution in [0.25, 0.3) is 0 Å². The van der Waals surface area contributed by atoms with Crippen LogP contribution in [0.3, 0.4) is 0 Å². The predicted octanol–water partition coefficient (Wildman–Crippen LogP) is 0.294. The van der Waals surface area contributed by atoms with Gasteiger partial charge >= 0.3 is 0 Å². The second-order valence-electron chi connectivity index (χ2n) is 0.949. The topological polar surface area (TPSA) is 30.5 Å². The van der Waals surface area contributed by atoms with E-state index in [1.165, 1.54) is 6.26 Å². The Labute approximate surface area is 45.8 Å². The minimum atomic E-state index is 0.520. The lowest BCUT2D eigenvalue weighted by Gasteiger charge is -2.04. The summed E-state index contributed by atoms with van der Waals surface area (Å²) in [5, 5.41) is 0. The zero-order valence-corrected chi connectivity index (χ0v) is 4.20. The largest absolute Gasteiger partial charge is 0.322 e. The Balaban J connectivity index is 2.51. The maximum Gasteiger partial charge on any atom is 0.135 e. The fourth-order valence-corrected chi connectivity index (χ4v) is 0.306. The van der Waals surface area contributed by atoms with E-state index in [2.05, 4.69) is 27.6 Å². The van der Waals surface area contributed by atoms with Gasteiger partial charge in [0.25, 0.3) is 0 Å². The molecule has 38 valence electrons. The van der Waals surface area contributed by atoms with E-state index in [4.69, 9.17) is 0 Å². The molecule has 0 fully saturated rings. The Kier molecular flexibility index (Phi) is 1.24. The molecule has 0 atom stereocenters. The third kappa shape index (κ3) is 1.13. The summed E-state index contributed by atoms with van der Waals surface area (Å²) in [4.78, 5) is 8.98. The van der Waals surface area contributed by atoms with Gasteiger partial charge in [0.1, 0.15) is 11.3 Å². The molecule has 1 aliphatic heterocycles. The van der Waals surface area contributed by atoms with Crippen LogP contribution in [-0.4, -0.2) is 4.99 Å². The van der Waals surface area contributed by atoms with E-state index in [1.54, 1.807) is 6.08 Å². The zero-order chi connectivity index (χ0) is 5.11. The first kappa shape index (κ1) is 4.55. The molecule has 0 spiro atoms. The van der Waals surface area contributed by atoms with Crippen molar-refractivity contribution in [3.05, 3.63) is 12.3 Å². The maximum absolute atomic E-state index is 4.60. The van der Waals surface area contributed by atoms with Gasteiger partial charge in [0.2, 0.25) is 0 Å². The average molecular weight is 117 g/mol. The summed E-state index contributed by atoms with van der Waals surface area (Å²) in [6.07, 6.45) is 2.94. The molecular formula is C3H3NO2S. The summed E-state index contributed by atoms with van der Waals surface area (Å²) >= 11 is 4.60. The normalized spacial score (nSPS) is 18.0. The van der Waals surface area contributed by atoms with Crippen LogP contribution in [0, 0.1) is 0 Å². The highest BCUT2D eigenvalue weighted by atomic mass is 32.1. The summed E-state index contributed by atoms with van der Waals surface area (Å²) in [6, 6.07) is 0. The van der Waals surface area contributed by atoms with Crippen molar-refractivity contribution < 1.29 is 9.88 Å². The van der Waals surface area contributed by atoms with E-state index in [-0.39, 0.29) is 0 Å². The summed E-state index contributed by atoms with van der Waals surface area (Å²) in [7, 11) is 0. The van der Waals surface area contributed by atoms with Crippen LogP contribution in [0.1, 0.15) is 0 Å². The molecule has 3 nitrogen and oxygen atoms in total. The van der Waals surface area contributed by atoms with Crippen LogP contribution < -0.4 is 5.48 Å². The highest BCUT2D eigenvalue weighted by Gasteiger charge is 1.93. The molecule has 1 rings (SSSR count). The summed E-state index contributed by atoms with van der Waals surface area (Å²) in [5.74, 6) is 0. The molecular weight excluding hydrogens is 114 g/mol. The van der Waals surface area contributed by atoms with Gasteiger partial charge < -0.3 is 4.89 Å². The highest BCUT2D eigenvalue weighted by molar-refractivity contribution is 7.80. The number of hydrogen-bond acceptors (Lipinski definition) is 3. The van der Waals surface area contributed by atoms with Gasteiger partial charge in [0.05, 0.1) is 0 Å². The lowest BCUT2D eigenvalue weighted by atomic mass is 10.6. The molecule has 0 saturated heterocycles. The fourth-order valence-electron chi connectivity index (χ4n) is 0.216. The van der Waals surface area contributed by atoms with Crippen molar-refractivity contribution in [3.63, 3.8) is 0 Å². The fraction of sp³-hybridized carbons (Fsp3) is 0. The van der Waals surface area contributed by atoms with Crippen molar-refractivity contribution in [3.8, 4) is 0 Å². The molecule has 0 aromatic carbocycles. The number of nitrogens with one attached hydrogen (secondary N) is 1. The average Bonchev–Trinajstić information content (AvgIpc) is 1.69. The lowest BCUT2D eigenvalue weighted by Crippen LogP contribution is -2.21. The Bertz CT molecular complexity index is 112. The quantitative estimate of drug-likeness (QED) is 0.365. The van der Waals surface area contributed by atoms with Gasteiger partial charge in [-0.15, -0.1) is 0 Å². The molecule has 1 heterocycles. The number of hydrogen-bond donors (Lipinski definition) is 1. The van der Waals surface area contributed by atoms with Crippen molar-refractivity contribution in [2.75, 3.05) is 0 Å². The molecule has 1 N–H and O–H groups in total. The second kappa shape index (κ2) is 1.90. The van der Waals surface area contributed by atoms with Crippen LogP contribution in [0.15, 0.2) is 12.3 Å². The van der Waals surface area contributed by atoms with Gasteiger partial charge in [-0.25, -0.2) is 5.48 Å². The predicted molar refractivity (Wildman–Crippen MR) is 27.0 cm³/mol. The zero-order valence-electron chi connectivity index (χ0n) is 3.38. The van der Waals surface area contributed by atoms with E-state index < -0.39 is 0 Å². The number of hydroxylamine groups is 1. The smallest absolute Gasteiger partial charge is 0.135 e. The van der Waals surface area contributed by atoms with E-state index in [1.807, 2.05) is 0 Å². The molecule has 0 amide bonds. The van der Waals surface area contributed by atoms with E-state index >= 15 is 0 Å². The molecule has 7 heavy (non-hydrogen) atoms. The first-order valence-corrected chi connectivity index (χ1v) is 2.09. The lowest BCUT2D eigenvalue weighted by molar-refractivity contribution is -0.281. The van der Waals surface area contributed by atoms with E-state index in [0.717, 1.165) is 0 Å². The molecule has 0 aromatic rings. The third-order valence-corrected chi connectivity index (χ3v) is 0.685. The first-order valence-electron chi connectivity index (χ1n) is 1.68. The number of thiocarbonyl (C=S) groups is 1. The Hall–Kier alpha value is -0.610. The van der Waals surface area contributed by atoms with E-state index in [0.29, 0.717) is 4.99 Å². The molecule has 1 aliphatic rings. The molecule has 4 heteroatoms. The highest BCUT2D eigenvalue weighted by Crippen LogP contribution is 1.86. The van der Waals surface area contributed by atoms with Gasteiger partial charge in [-0.3, -0.25) is 0 Å². The van der Waals surface area contributed by atoms with Crippen LogP contribution in [0.2, 0.25) is 0 Å². The minimum Gasteiger partial charge on any atom is -0.322 e. The van der Waals surface area contributed by atoms with Gasteiger partial charge in [-0.1, -0.05) is 17.2 Å².